The number of pyridine rings is 2. The molecule has 0 aliphatic rings. The highest BCUT2D eigenvalue weighted by atomic mass is 16.5. The van der Waals surface area contributed by atoms with Gasteiger partial charge in [0, 0.05) is 29.2 Å². The van der Waals surface area contributed by atoms with Crippen LogP contribution in [0.4, 0.5) is 0 Å². The van der Waals surface area contributed by atoms with Crippen molar-refractivity contribution in [3.63, 3.8) is 0 Å². The van der Waals surface area contributed by atoms with Crippen LogP contribution in [0.2, 0.25) is 0 Å². The smallest absolute Gasteiger partial charge is 0.219 e. The molecule has 6 heteroatoms. The Morgan fingerprint density at radius 3 is 2.29 bits per heavy atom. The number of aromatic nitrogens is 3. The van der Waals surface area contributed by atoms with E-state index in [-0.39, 0.29) is 13.2 Å². The first-order valence-corrected chi connectivity index (χ1v) is 12.5. The van der Waals surface area contributed by atoms with Gasteiger partial charge in [-0.15, -0.1) is 0 Å². The minimum Gasteiger partial charge on any atom is -0.439 e. The second-order valence-corrected chi connectivity index (χ2v) is 9.57. The molecular weight excluding hydrogens is 474 g/mol. The summed E-state index contributed by atoms with van der Waals surface area (Å²) >= 11 is 0. The molecule has 3 aromatic heterocycles. The van der Waals surface area contributed by atoms with Crippen molar-refractivity contribution >= 4 is 21.8 Å². The molecule has 0 fully saturated rings. The minimum absolute atomic E-state index is 0.0270. The Morgan fingerprint density at radius 2 is 1.47 bits per heavy atom. The topological polar surface area (TPSA) is 80.4 Å². The molecule has 0 atom stereocenters. The molecule has 2 N–H and O–H groups in total. The third-order valence-corrected chi connectivity index (χ3v) is 6.73. The molecule has 3 aromatic carbocycles. The molecule has 0 saturated carbocycles. The highest BCUT2D eigenvalue weighted by Crippen LogP contribution is 2.36. The monoisotopic (exact) mass is 501 g/mol. The predicted octanol–water partition coefficient (Wildman–Crippen LogP) is 6.63. The van der Waals surface area contributed by atoms with Gasteiger partial charge in [0.25, 0.3) is 0 Å². The summed E-state index contributed by atoms with van der Waals surface area (Å²) in [7, 11) is 0. The zero-order valence-corrected chi connectivity index (χ0v) is 21.2. The van der Waals surface area contributed by atoms with Gasteiger partial charge in [-0.25, -0.2) is 9.97 Å². The first-order chi connectivity index (χ1) is 18.5. The number of fused-ring (bicyclic) bond motifs is 3. The Labute approximate surface area is 220 Å². The van der Waals surface area contributed by atoms with Crippen LogP contribution < -0.4 is 4.74 Å². The molecule has 0 spiro atoms. The second-order valence-electron chi connectivity index (χ2n) is 9.57. The van der Waals surface area contributed by atoms with Gasteiger partial charge in [0.15, 0.2) is 0 Å². The molecule has 6 aromatic rings. The Kier molecular flexibility index (Phi) is 6.12. The number of nitrogens with zero attached hydrogens (tertiary/aromatic N) is 3. The Hall–Kier alpha value is -4.52. The molecular formula is C32H27N3O3. The molecule has 188 valence electrons. The van der Waals surface area contributed by atoms with Gasteiger partial charge >= 0.3 is 0 Å². The van der Waals surface area contributed by atoms with E-state index >= 15 is 0 Å². The fourth-order valence-corrected chi connectivity index (χ4v) is 4.93. The third kappa shape index (κ3) is 4.41. The first kappa shape index (κ1) is 23.9. The summed E-state index contributed by atoms with van der Waals surface area (Å²) in [6.07, 6.45) is 3.46. The first-order valence-electron chi connectivity index (χ1n) is 12.5. The summed E-state index contributed by atoms with van der Waals surface area (Å²) in [5.74, 6) is 2.01. The average Bonchev–Trinajstić information content (AvgIpc) is 3.25. The highest BCUT2D eigenvalue weighted by molar-refractivity contribution is 6.10. The van der Waals surface area contributed by atoms with Gasteiger partial charge in [-0.2, -0.15) is 0 Å². The lowest BCUT2D eigenvalue weighted by Crippen LogP contribution is -1.99. The summed E-state index contributed by atoms with van der Waals surface area (Å²) in [4.78, 5) is 8.97. The number of aryl methyl sites for hydroxylation is 2. The molecule has 0 aliphatic carbocycles. The fourth-order valence-electron chi connectivity index (χ4n) is 4.93. The van der Waals surface area contributed by atoms with Crippen LogP contribution in [0.25, 0.3) is 38.8 Å². The van der Waals surface area contributed by atoms with Gasteiger partial charge in [-0.1, -0.05) is 24.3 Å². The summed E-state index contributed by atoms with van der Waals surface area (Å²) in [6.45, 7) is 3.98. The number of aliphatic hydroxyl groups is 2. The fraction of sp³-hybridized carbons (Fsp3) is 0.125. The van der Waals surface area contributed by atoms with Crippen molar-refractivity contribution < 1.29 is 14.9 Å². The number of hydrogen-bond donors (Lipinski definition) is 2. The van der Waals surface area contributed by atoms with E-state index in [4.69, 9.17) is 4.74 Å². The van der Waals surface area contributed by atoms with Gasteiger partial charge < -0.3 is 14.9 Å². The van der Waals surface area contributed by atoms with E-state index in [1.165, 1.54) is 0 Å². The Bertz CT molecular complexity index is 1810. The zero-order chi connectivity index (χ0) is 26.2. The molecule has 0 bridgehead atoms. The SMILES string of the molecule is Cc1cc(Oc2cc(C)ccn2)cc(-c2ccc3c4cc(CO)ccc4n(-c4cc(CO)ccn4)c3c2)c1. The van der Waals surface area contributed by atoms with Crippen LogP contribution in [0.3, 0.4) is 0 Å². The van der Waals surface area contributed by atoms with Crippen molar-refractivity contribution in [1.29, 1.82) is 0 Å². The zero-order valence-electron chi connectivity index (χ0n) is 21.2. The van der Waals surface area contributed by atoms with E-state index < -0.39 is 0 Å². The third-order valence-electron chi connectivity index (χ3n) is 6.73. The molecule has 0 unspecified atom stereocenters. The van der Waals surface area contributed by atoms with E-state index in [0.717, 1.165) is 66.8 Å². The van der Waals surface area contributed by atoms with Crippen LogP contribution in [0.15, 0.2) is 91.3 Å². The van der Waals surface area contributed by atoms with Crippen LogP contribution in [0, 0.1) is 13.8 Å². The van der Waals surface area contributed by atoms with Crippen LogP contribution in [0.1, 0.15) is 22.3 Å². The van der Waals surface area contributed by atoms with Gasteiger partial charge in [0.1, 0.15) is 11.6 Å². The highest BCUT2D eigenvalue weighted by Gasteiger charge is 2.16. The van der Waals surface area contributed by atoms with Crippen LogP contribution in [0.5, 0.6) is 11.6 Å². The average molecular weight is 502 g/mol. The van der Waals surface area contributed by atoms with E-state index in [0.29, 0.717) is 5.88 Å². The number of rotatable bonds is 6. The molecule has 3 heterocycles. The standard InChI is InChI=1S/C32H27N3O3/c1-20-7-9-34-32(13-20)38-26-12-21(2)11-25(16-26)24-4-5-27-28-14-22(18-36)3-6-29(28)35(30(27)17-24)31-15-23(19-37)8-10-33-31/h3-17,36-37H,18-19H2,1-2H3. The summed E-state index contributed by atoms with van der Waals surface area (Å²) in [5, 5.41) is 21.6. The van der Waals surface area contributed by atoms with Crippen molar-refractivity contribution in [2.45, 2.75) is 27.1 Å². The van der Waals surface area contributed by atoms with Gasteiger partial charge in [0.05, 0.1) is 24.2 Å². The minimum atomic E-state index is -0.0611. The molecule has 0 saturated heterocycles. The second kappa shape index (κ2) is 9.74. The molecule has 0 aliphatic heterocycles. The molecule has 0 radical (unpaired) electrons. The maximum Gasteiger partial charge on any atom is 0.219 e. The lowest BCUT2D eigenvalue weighted by atomic mass is 10.0. The van der Waals surface area contributed by atoms with Crippen molar-refractivity contribution in [3.05, 3.63) is 114 Å². The van der Waals surface area contributed by atoms with Crippen molar-refractivity contribution in [3.8, 4) is 28.6 Å². The molecule has 6 nitrogen and oxygen atoms in total. The van der Waals surface area contributed by atoms with E-state index in [1.54, 1.807) is 12.4 Å². The lowest BCUT2D eigenvalue weighted by Gasteiger charge is -2.11. The quantitative estimate of drug-likeness (QED) is 0.268. The van der Waals surface area contributed by atoms with E-state index in [2.05, 4.69) is 45.7 Å². The number of benzene rings is 3. The number of aliphatic hydroxyl groups excluding tert-OH is 2. The number of ether oxygens (including phenoxy) is 1. The lowest BCUT2D eigenvalue weighted by molar-refractivity contribution is 0.281. The van der Waals surface area contributed by atoms with Gasteiger partial charge in [-0.05, 0) is 95.8 Å². The van der Waals surface area contributed by atoms with Crippen LogP contribution >= 0.6 is 0 Å². The summed E-state index contributed by atoms with van der Waals surface area (Å²) in [6, 6.07) is 26.1. The molecule has 6 rings (SSSR count). The molecule has 0 amide bonds. The van der Waals surface area contributed by atoms with Crippen molar-refractivity contribution in [2.75, 3.05) is 0 Å². The van der Waals surface area contributed by atoms with Crippen molar-refractivity contribution in [2.24, 2.45) is 0 Å². The largest absolute Gasteiger partial charge is 0.439 e. The van der Waals surface area contributed by atoms with Crippen LogP contribution in [-0.2, 0) is 13.2 Å². The maximum absolute atomic E-state index is 9.76. The summed E-state index contributed by atoms with van der Waals surface area (Å²) in [5.41, 5.74) is 7.84. The summed E-state index contributed by atoms with van der Waals surface area (Å²) < 4.78 is 8.22. The Morgan fingerprint density at radius 1 is 0.658 bits per heavy atom. The van der Waals surface area contributed by atoms with Gasteiger partial charge in [0.2, 0.25) is 5.88 Å². The maximum atomic E-state index is 9.76. The predicted molar refractivity (Wildman–Crippen MR) is 150 cm³/mol. The van der Waals surface area contributed by atoms with E-state index in [9.17, 15) is 10.2 Å². The van der Waals surface area contributed by atoms with Crippen molar-refractivity contribution in [1.82, 2.24) is 14.5 Å². The molecule has 38 heavy (non-hydrogen) atoms. The van der Waals surface area contributed by atoms with Gasteiger partial charge in [-0.3, -0.25) is 4.57 Å². The normalized spacial score (nSPS) is 11.4. The number of hydrogen-bond acceptors (Lipinski definition) is 5. The van der Waals surface area contributed by atoms with E-state index in [1.807, 2.05) is 61.5 Å². The Balaban J connectivity index is 1.53. The van der Waals surface area contributed by atoms with Crippen LogP contribution in [-0.4, -0.2) is 24.7 Å².